The van der Waals surface area contributed by atoms with Crippen LogP contribution in [0.5, 0.6) is 0 Å². The summed E-state index contributed by atoms with van der Waals surface area (Å²) in [5.41, 5.74) is 3.24. The van der Waals surface area contributed by atoms with Gasteiger partial charge >= 0.3 is 6.03 Å². The van der Waals surface area contributed by atoms with Gasteiger partial charge in [0.25, 0.3) is 0 Å². The molecule has 0 spiro atoms. The van der Waals surface area contributed by atoms with E-state index in [1.807, 2.05) is 41.5 Å². The summed E-state index contributed by atoms with van der Waals surface area (Å²) in [4.78, 5) is 32.9. The first-order chi connectivity index (χ1) is 13.0. The van der Waals surface area contributed by atoms with Crippen molar-refractivity contribution in [1.29, 1.82) is 0 Å². The van der Waals surface area contributed by atoms with Crippen molar-refractivity contribution in [3.8, 4) is 0 Å². The summed E-state index contributed by atoms with van der Waals surface area (Å²) in [5.74, 6) is -0.0171. The molecule has 7 heteroatoms. The van der Waals surface area contributed by atoms with Gasteiger partial charge in [-0.25, -0.2) is 9.78 Å². The van der Waals surface area contributed by atoms with Crippen LogP contribution in [0, 0.1) is 6.92 Å². The van der Waals surface area contributed by atoms with E-state index in [0.717, 1.165) is 17.8 Å². The van der Waals surface area contributed by atoms with Crippen LogP contribution in [0.25, 0.3) is 0 Å². The Morgan fingerprint density at radius 3 is 2.89 bits per heavy atom. The zero-order valence-electron chi connectivity index (χ0n) is 16.2. The van der Waals surface area contributed by atoms with Crippen molar-refractivity contribution in [3.05, 3.63) is 53.6 Å². The van der Waals surface area contributed by atoms with Crippen molar-refractivity contribution in [2.24, 2.45) is 0 Å². The zero-order valence-corrected chi connectivity index (χ0v) is 16.2. The van der Waals surface area contributed by atoms with Gasteiger partial charge in [0.15, 0.2) is 0 Å². The van der Waals surface area contributed by atoms with E-state index in [0.29, 0.717) is 26.2 Å². The second kappa shape index (κ2) is 8.24. The summed E-state index contributed by atoms with van der Waals surface area (Å²) < 4.78 is 1.98. The molecule has 1 aliphatic heterocycles. The minimum absolute atomic E-state index is 0.0171. The lowest BCUT2D eigenvalue weighted by Gasteiger charge is -2.39. The van der Waals surface area contributed by atoms with Crippen molar-refractivity contribution in [2.75, 3.05) is 13.1 Å². The van der Waals surface area contributed by atoms with Crippen LogP contribution in [0.4, 0.5) is 4.79 Å². The number of aromatic nitrogens is 2. The summed E-state index contributed by atoms with van der Waals surface area (Å²) in [5, 5.41) is 2.91. The van der Waals surface area contributed by atoms with E-state index in [2.05, 4.69) is 16.4 Å². The highest BCUT2D eigenvalue weighted by molar-refractivity contribution is 5.88. The SMILES string of the molecule is CCn1cncc1CNC(=O)N1CCN(Cc2cccc(C)c2)C(=O)C1C. The molecular weight excluding hydrogens is 342 g/mol. The molecule has 0 saturated carbocycles. The quantitative estimate of drug-likeness (QED) is 0.878. The number of urea groups is 1. The van der Waals surface area contributed by atoms with Gasteiger partial charge in [0, 0.05) is 32.4 Å². The third kappa shape index (κ3) is 4.30. The maximum atomic E-state index is 12.8. The molecule has 27 heavy (non-hydrogen) atoms. The Labute approximate surface area is 160 Å². The topological polar surface area (TPSA) is 70.5 Å². The normalized spacial score (nSPS) is 17.3. The van der Waals surface area contributed by atoms with Crippen molar-refractivity contribution in [2.45, 2.75) is 46.4 Å². The van der Waals surface area contributed by atoms with E-state index >= 15 is 0 Å². The second-order valence-electron chi connectivity index (χ2n) is 6.95. The smallest absolute Gasteiger partial charge is 0.318 e. The first-order valence-corrected chi connectivity index (χ1v) is 9.37. The standard InChI is InChI=1S/C20H27N5O2/c1-4-23-14-21-11-18(23)12-22-20(27)25-9-8-24(19(26)16(25)3)13-17-7-5-6-15(2)10-17/h5-7,10-11,14,16H,4,8-9,12-13H2,1-3H3,(H,22,27). The van der Waals surface area contributed by atoms with Gasteiger partial charge in [-0.15, -0.1) is 0 Å². The first-order valence-electron chi connectivity index (χ1n) is 9.37. The zero-order chi connectivity index (χ0) is 19.4. The Bertz CT molecular complexity index is 816. The second-order valence-corrected chi connectivity index (χ2v) is 6.95. The molecule has 1 atom stereocenters. The summed E-state index contributed by atoms with van der Waals surface area (Å²) in [6.07, 6.45) is 3.50. The highest BCUT2D eigenvalue weighted by Gasteiger charge is 2.34. The lowest BCUT2D eigenvalue weighted by atomic mass is 10.1. The van der Waals surface area contributed by atoms with Crippen molar-refractivity contribution < 1.29 is 9.59 Å². The van der Waals surface area contributed by atoms with Crippen molar-refractivity contribution in [3.63, 3.8) is 0 Å². The molecule has 3 amide bonds. The molecule has 1 aromatic carbocycles. The van der Waals surface area contributed by atoms with Gasteiger partial charge in [0.2, 0.25) is 5.91 Å². The predicted octanol–water partition coefficient (Wildman–Crippen LogP) is 2.15. The Kier molecular flexibility index (Phi) is 5.78. The minimum atomic E-state index is -0.473. The number of nitrogens with one attached hydrogen (secondary N) is 1. The highest BCUT2D eigenvalue weighted by atomic mass is 16.2. The average molecular weight is 369 g/mol. The monoisotopic (exact) mass is 369 g/mol. The molecule has 1 saturated heterocycles. The molecule has 0 aliphatic carbocycles. The molecule has 2 aromatic rings. The van der Waals surface area contributed by atoms with E-state index in [1.54, 1.807) is 24.3 Å². The molecule has 1 unspecified atom stereocenters. The number of imidazole rings is 1. The first kappa shape index (κ1) is 18.9. The lowest BCUT2D eigenvalue weighted by molar-refractivity contribution is -0.139. The number of amides is 3. The van der Waals surface area contributed by atoms with Gasteiger partial charge in [0.05, 0.1) is 18.6 Å². The third-order valence-corrected chi connectivity index (χ3v) is 5.02. The van der Waals surface area contributed by atoms with Crippen LogP contribution in [0.2, 0.25) is 0 Å². The van der Waals surface area contributed by atoms with E-state index in [9.17, 15) is 9.59 Å². The number of hydrogen-bond acceptors (Lipinski definition) is 3. The summed E-state index contributed by atoms with van der Waals surface area (Å²) >= 11 is 0. The summed E-state index contributed by atoms with van der Waals surface area (Å²) in [6.45, 7) is 8.71. The fourth-order valence-corrected chi connectivity index (χ4v) is 3.44. The number of carbonyl (C=O) groups is 2. The van der Waals surface area contributed by atoms with Gasteiger partial charge in [-0.2, -0.15) is 0 Å². The number of benzene rings is 1. The van der Waals surface area contributed by atoms with E-state index in [4.69, 9.17) is 0 Å². The maximum absolute atomic E-state index is 12.8. The Morgan fingerprint density at radius 1 is 1.33 bits per heavy atom. The van der Waals surface area contributed by atoms with Crippen LogP contribution < -0.4 is 5.32 Å². The van der Waals surface area contributed by atoms with Crippen molar-refractivity contribution >= 4 is 11.9 Å². The number of piperazine rings is 1. The van der Waals surface area contributed by atoms with Gasteiger partial charge in [-0.3, -0.25) is 4.79 Å². The number of rotatable bonds is 5. The van der Waals surface area contributed by atoms with Crippen LogP contribution in [-0.2, 0) is 24.4 Å². The fraction of sp³-hybridized carbons (Fsp3) is 0.450. The predicted molar refractivity (Wildman–Crippen MR) is 103 cm³/mol. The van der Waals surface area contributed by atoms with Gasteiger partial charge in [0.1, 0.15) is 6.04 Å². The van der Waals surface area contributed by atoms with Crippen LogP contribution >= 0.6 is 0 Å². The number of nitrogens with zero attached hydrogens (tertiary/aromatic N) is 4. The highest BCUT2D eigenvalue weighted by Crippen LogP contribution is 2.16. The van der Waals surface area contributed by atoms with Gasteiger partial charge in [-0.1, -0.05) is 29.8 Å². The molecule has 1 fully saturated rings. The maximum Gasteiger partial charge on any atom is 0.318 e. The largest absolute Gasteiger partial charge is 0.335 e. The van der Waals surface area contributed by atoms with Crippen LogP contribution in [0.3, 0.4) is 0 Å². The third-order valence-electron chi connectivity index (χ3n) is 5.02. The molecule has 0 radical (unpaired) electrons. The van der Waals surface area contributed by atoms with E-state index in [1.165, 1.54) is 5.56 Å². The molecule has 144 valence electrons. The van der Waals surface area contributed by atoms with Crippen LogP contribution in [0.1, 0.15) is 30.7 Å². The fourth-order valence-electron chi connectivity index (χ4n) is 3.44. The molecular formula is C20H27N5O2. The Balaban J connectivity index is 1.58. The average Bonchev–Trinajstić information content (AvgIpc) is 3.11. The minimum Gasteiger partial charge on any atom is -0.335 e. The molecule has 3 rings (SSSR count). The summed E-state index contributed by atoms with van der Waals surface area (Å²) in [7, 11) is 0. The molecule has 1 aromatic heterocycles. The van der Waals surface area contributed by atoms with Gasteiger partial charge < -0.3 is 19.7 Å². The number of carbonyl (C=O) groups excluding carboxylic acids is 2. The van der Waals surface area contributed by atoms with E-state index < -0.39 is 6.04 Å². The Morgan fingerprint density at radius 2 is 2.15 bits per heavy atom. The van der Waals surface area contributed by atoms with E-state index in [-0.39, 0.29) is 11.9 Å². The van der Waals surface area contributed by atoms with Crippen LogP contribution in [0.15, 0.2) is 36.8 Å². The van der Waals surface area contributed by atoms with Crippen LogP contribution in [-0.4, -0.2) is 50.4 Å². The number of hydrogen-bond donors (Lipinski definition) is 1. The molecule has 1 N–H and O–H groups in total. The Hall–Kier alpha value is -2.83. The molecule has 7 nitrogen and oxygen atoms in total. The molecule has 0 bridgehead atoms. The summed E-state index contributed by atoms with van der Waals surface area (Å²) in [6, 6.07) is 7.48. The molecule has 1 aliphatic rings. The molecule has 2 heterocycles. The number of aryl methyl sites for hydroxylation is 2. The van der Waals surface area contributed by atoms with Gasteiger partial charge in [-0.05, 0) is 26.3 Å². The van der Waals surface area contributed by atoms with Crippen molar-refractivity contribution in [1.82, 2.24) is 24.7 Å². The lowest BCUT2D eigenvalue weighted by Crippen LogP contribution is -2.59.